The van der Waals surface area contributed by atoms with Gasteiger partial charge in [-0.2, -0.15) is 0 Å². The molecule has 0 aromatic heterocycles. The van der Waals surface area contributed by atoms with Crippen LogP contribution >= 0.6 is 27.5 Å². The molecule has 0 saturated heterocycles. The Morgan fingerprint density at radius 1 is 1.17 bits per heavy atom. The summed E-state index contributed by atoms with van der Waals surface area (Å²) in [5.74, 6) is -0.198. The minimum Gasteiger partial charge on any atom is -0.490 e. The topological polar surface area (TPSA) is 78.7 Å². The lowest BCUT2D eigenvalue weighted by atomic mass is 10.2. The van der Waals surface area contributed by atoms with Crippen molar-refractivity contribution in [1.29, 1.82) is 0 Å². The maximum Gasteiger partial charge on any atom is 0.345 e. The SMILES string of the molecule is O=C(OCCOc1ccc(Br)cc1)c1cc(Cl)ccc1[N+](=O)[O-]. The number of hydrogen-bond donors (Lipinski definition) is 0. The van der Waals surface area contributed by atoms with E-state index in [1.807, 2.05) is 12.1 Å². The molecule has 0 unspecified atom stereocenters. The predicted molar refractivity (Wildman–Crippen MR) is 88.0 cm³/mol. The Balaban J connectivity index is 1.91. The van der Waals surface area contributed by atoms with E-state index in [-0.39, 0.29) is 29.5 Å². The Kier molecular flexibility index (Phi) is 5.95. The van der Waals surface area contributed by atoms with Crippen molar-refractivity contribution >= 4 is 39.2 Å². The van der Waals surface area contributed by atoms with E-state index in [4.69, 9.17) is 21.1 Å². The highest BCUT2D eigenvalue weighted by molar-refractivity contribution is 9.10. The van der Waals surface area contributed by atoms with E-state index >= 15 is 0 Å². The predicted octanol–water partition coefficient (Wildman–Crippen LogP) is 4.25. The molecule has 8 heteroatoms. The van der Waals surface area contributed by atoms with Gasteiger partial charge in [0.15, 0.2) is 0 Å². The third-order valence-corrected chi connectivity index (χ3v) is 3.54. The molecule has 0 aliphatic rings. The summed E-state index contributed by atoms with van der Waals surface area (Å²) in [7, 11) is 0. The van der Waals surface area contributed by atoms with E-state index in [9.17, 15) is 14.9 Å². The van der Waals surface area contributed by atoms with E-state index in [1.54, 1.807) is 12.1 Å². The van der Waals surface area contributed by atoms with Crippen LogP contribution < -0.4 is 4.74 Å². The molecular formula is C15H11BrClNO5. The molecule has 0 amide bonds. The summed E-state index contributed by atoms with van der Waals surface area (Å²) in [6.45, 7) is 0.0836. The summed E-state index contributed by atoms with van der Waals surface area (Å²) in [4.78, 5) is 22.2. The summed E-state index contributed by atoms with van der Waals surface area (Å²) < 4.78 is 11.3. The number of esters is 1. The second-order valence-corrected chi connectivity index (χ2v) is 5.71. The largest absolute Gasteiger partial charge is 0.490 e. The van der Waals surface area contributed by atoms with E-state index in [1.165, 1.54) is 12.1 Å². The zero-order valence-corrected chi connectivity index (χ0v) is 14.0. The first kappa shape index (κ1) is 17.2. The quantitative estimate of drug-likeness (QED) is 0.313. The van der Waals surface area contributed by atoms with Crippen LogP contribution in [0, 0.1) is 10.1 Å². The monoisotopic (exact) mass is 399 g/mol. The number of carbonyl (C=O) groups excluding carboxylic acids is 1. The summed E-state index contributed by atoms with van der Waals surface area (Å²) in [5.41, 5.74) is -0.542. The Hall–Kier alpha value is -2.12. The zero-order valence-electron chi connectivity index (χ0n) is 11.7. The fourth-order valence-corrected chi connectivity index (χ4v) is 2.17. The fourth-order valence-electron chi connectivity index (χ4n) is 1.73. The molecule has 2 aromatic carbocycles. The van der Waals surface area contributed by atoms with Gasteiger partial charge in [-0.15, -0.1) is 0 Å². The molecular weight excluding hydrogens is 390 g/mol. The molecule has 0 atom stereocenters. The standard InChI is InChI=1S/C15H11BrClNO5/c16-10-1-4-12(5-2-10)22-7-8-23-15(19)13-9-11(17)3-6-14(13)18(20)21/h1-6,9H,7-8H2. The van der Waals surface area contributed by atoms with Crippen molar-refractivity contribution in [2.75, 3.05) is 13.2 Å². The van der Waals surface area contributed by atoms with Crippen LogP contribution in [0.3, 0.4) is 0 Å². The number of carbonyl (C=O) groups is 1. The lowest BCUT2D eigenvalue weighted by Crippen LogP contribution is -2.13. The third-order valence-electron chi connectivity index (χ3n) is 2.77. The van der Waals surface area contributed by atoms with Gasteiger partial charge in [-0.05, 0) is 36.4 Å². The van der Waals surface area contributed by atoms with Gasteiger partial charge in [0.05, 0.1) is 4.92 Å². The summed E-state index contributed by atoms with van der Waals surface area (Å²) in [5, 5.41) is 11.1. The van der Waals surface area contributed by atoms with E-state index in [2.05, 4.69) is 15.9 Å². The van der Waals surface area contributed by atoms with Crippen LogP contribution in [0.25, 0.3) is 0 Å². The molecule has 23 heavy (non-hydrogen) atoms. The number of hydrogen-bond acceptors (Lipinski definition) is 5. The van der Waals surface area contributed by atoms with Crippen LogP contribution in [-0.2, 0) is 4.74 Å². The summed E-state index contributed by atoms with van der Waals surface area (Å²) in [6, 6.07) is 10.9. The number of rotatable bonds is 6. The van der Waals surface area contributed by atoms with Gasteiger partial charge >= 0.3 is 5.97 Å². The highest BCUT2D eigenvalue weighted by atomic mass is 79.9. The number of nitro groups is 1. The van der Waals surface area contributed by atoms with Crippen LogP contribution in [0.5, 0.6) is 5.75 Å². The van der Waals surface area contributed by atoms with Crippen molar-refractivity contribution in [3.8, 4) is 5.75 Å². The van der Waals surface area contributed by atoms with Crippen molar-refractivity contribution in [3.63, 3.8) is 0 Å². The van der Waals surface area contributed by atoms with Gasteiger partial charge < -0.3 is 9.47 Å². The number of benzene rings is 2. The van der Waals surface area contributed by atoms with Crippen molar-refractivity contribution in [2.45, 2.75) is 0 Å². The molecule has 0 N–H and O–H groups in total. The molecule has 0 saturated carbocycles. The van der Waals surface area contributed by atoms with Crippen molar-refractivity contribution in [3.05, 3.63) is 67.6 Å². The smallest absolute Gasteiger partial charge is 0.345 e. The minimum atomic E-state index is -0.821. The van der Waals surface area contributed by atoms with Crippen LogP contribution in [0.2, 0.25) is 5.02 Å². The van der Waals surface area contributed by atoms with Gasteiger partial charge in [0, 0.05) is 15.6 Å². The second-order valence-electron chi connectivity index (χ2n) is 4.36. The molecule has 0 radical (unpaired) electrons. The Morgan fingerprint density at radius 3 is 2.52 bits per heavy atom. The lowest BCUT2D eigenvalue weighted by molar-refractivity contribution is -0.385. The van der Waals surface area contributed by atoms with Crippen molar-refractivity contribution in [2.24, 2.45) is 0 Å². The third kappa shape index (κ3) is 4.94. The number of halogens is 2. The van der Waals surface area contributed by atoms with E-state index in [0.717, 1.165) is 10.5 Å². The first-order valence-electron chi connectivity index (χ1n) is 6.47. The molecule has 0 aliphatic carbocycles. The van der Waals surface area contributed by atoms with Crippen molar-refractivity contribution in [1.82, 2.24) is 0 Å². The molecule has 2 rings (SSSR count). The molecule has 0 aliphatic heterocycles. The number of nitro benzene ring substituents is 1. The van der Waals surface area contributed by atoms with Gasteiger partial charge in [0.1, 0.15) is 24.5 Å². The molecule has 2 aromatic rings. The molecule has 0 heterocycles. The number of ether oxygens (including phenoxy) is 2. The van der Waals surface area contributed by atoms with Crippen LogP contribution in [0.1, 0.15) is 10.4 Å². The zero-order chi connectivity index (χ0) is 16.8. The first-order valence-corrected chi connectivity index (χ1v) is 7.64. The number of nitrogens with zero attached hydrogens (tertiary/aromatic N) is 1. The van der Waals surface area contributed by atoms with Crippen molar-refractivity contribution < 1.29 is 19.2 Å². The van der Waals surface area contributed by atoms with Crippen LogP contribution in [-0.4, -0.2) is 24.1 Å². The van der Waals surface area contributed by atoms with Gasteiger partial charge in [0.2, 0.25) is 0 Å². The summed E-state index contributed by atoms with van der Waals surface area (Å²) in [6.07, 6.45) is 0. The Bertz CT molecular complexity index is 720. The molecule has 120 valence electrons. The van der Waals surface area contributed by atoms with E-state index < -0.39 is 10.9 Å². The average Bonchev–Trinajstić information content (AvgIpc) is 2.52. The van der Waals surface area contributed by atoms with Gasteiger partial charge in [-0.1, -0.05) is 27.5 Å². The normalized spacial score (nSPS) is 10.2. The minimum absolute atomic E-state index is 0.0431. The average molecular weight is 401 g/mol. The van der Waals surface area contributed by atoms with Gasteiger partial charge in [-0.3, -0.25) is 10.1 Å². The van der Waals surface area contributed by atoms with Gasteiger partial charge in [0.25, 0.3) is 5.69 Å². The molecule has 6 nitrogen and oxygen atoms in total. The highest BCUT2D eigenvalue weighted by Crippen LogP contribution is 2.23. The fraction of sp³-hybridized carbons (Fsp3) is 0.133. The lowest BCUT2D eigenvalue weighted by Gasteiger charge is -2.08. The molecule has 0 spiro atoms. The first-order chi connectivity index (χ1) is 11.0. The van der Waals surface area contributed by atoms with Crippen LogP contribution in [0.4, 0.5) is 5.69 Å². The van der Waals surface area contributed by atoms with Gasteiger partial charge in [-0.25, -0.2) is 4.79 Å². The second kappa shape index (κ2) is 7.94. The molecule has 0 fully saturated rings. The van der Waals surface area contributed by atoms with E-state index in [0.29, 0.717) is 5.75 Å². The summed E-state index contributed by atoms with van der Waals surface area (Å²) >= 11 is 9.07. The Labute approximate surface area is 145 Å². The molecule has 0 bridgehead atoms. The highest BCUT2D eigenvalue weighted by Gasteiger charge is 2.21. The Morgan fingerprint density at radius 2 is 1.87 bits per heavy atom. The maximum absolute atomic E-state index is 11.9. The maximum atomic E-state index is 11.9. The van der Waals surface area contributed by atoms with Crippen LogP contribution in [0.15, 0.2) is 46.9 Å².